The molecule has 0 saturated heterocycles. The molecule has 2 aromatic carbocycles. The normalized spacial score (nSPS) is 19.2. The molecule has 24 heavy (non-hydrogen) atoms. The molecule has 5 N–H and O–H groups in total. The Labute approximate surface area is 135 Å². The Kier molecular flexibility index (Phi) is 3.82. The molecule has 2 atom stereocenters. The molecule has 1 aliphatic heterocycles. The first-order valence-corrected chi connectivity index (χ1v) is 6.96. The number of aliphatic hydroxyl groups excluding tert-OH is 1. The van der Waals surface area contributed by atoms with Crippen LogP contribution in [0.5, 0.6) is 34.5 Å². The highest BCUT2D eigenvalue weighted by Gasteiger charge is 2.33. The Morgan fingerprint density at radius 3 is 2.33 bits per heavy atom. The van der Waals surface area contributed by atoms with E-state index in [2.05, 4.69) is 4.74 Å². The third-order valence-corrected chi connectivity index (χ3v) is 3.75. The maximum atomic E-state index is 10.4. The number of rotatable bonds is 3. The lowest BCUT2D eigenvalue weighted by molar-refractivity contribution is -0.120. The molecule has 0 fully saturated rings. The number of benzene rings is 2. The molecule has 0 spiro atoms. The molecule has 0 aromatic heterocycles. The average Bonchev–Trinajstić information content (AvgIpc) is 2.51. The van der Waals surface area contributed by atoms with E-state index in [1.54, 1.807) is 0 Å². The number of ether oxygens (including phenoxy) is 2. The summed E-state index contributed by atoms with van der Waals surface area (Å²) in [6.45, 7) is 0.0577. The predicted octanol–water partition coefficient (Wildman–Crippen LogP) is 1.08. The summed E-state index contributed by atoms with van der Waals surface area (Å²) < 4.78 is 10.1. The summed E-state index contributed by atoms with van der Waals surface area (Å²) in [5, 5.41) is 49.3. The van der Waals surface area contributed by atoms with Crippen molar-refractivity contribution < 1.29 is 39.8 Å². The summed E-state index contributed by atoms with van der Waals surface area (Å²) in [5.41, 5.74) is 0.565. The first-order valence-electron chi connectivity index (χ1n) is 6.96. The second-order valence-electron chi connectivity index (χ2n) is 5.35. The highest BCUT2D eigenvalue weighted by molar-refractivity contribution is 5.59. The van der Waals surface area contributed by atoms with E-state index in [0.717, 1.165) is 6.07 Å². The fraction of sp³-hybridized carbons (Fsp3) is 0.188. The van der Waals surface area contributed by atoms with Crippen molar-refractivity contribution in [3.8, 4) is 34.5 Å². The van der Waals surface area contributed by atoms with Crippen LogP contribution in [-0.2, 0) is 11.2 Å². The van der Waals surface area contributed by atoms with Gasteiger partial charge in [-0.1, -0.05) is 0 Å². The Morgan fingerprint density at radius 1 is 1.04 bits per heavy atom. The number of hydrogen-bond acceptors (Lipinski definition) is 8. The Balaban J connectivity index is 2.00. The van der Waals surface area contributed by atoms with Crippen LogP contribution in [0.15, 0.2) is 24.3 Å². The lowest BCUT2D eigenvalue weighted by Crippen LogP contribution is -2.30. The van der Waals surface area contributed by atoms with E-state index >= 15 is 0 Å². The van der Waals surface area contributed by atoms with Crippen LogP contribution in [0.4, 0.5) is 0 Å². The zero-order valence-electron chi connectivity index (χ0n) is 12.2. The van der Waals surface area contributed by atoms with E-state index in [9.17, 15) is 30.3 Å². The topological polar surface area (TPSA) is 137 Å². The first-order chi connectivity index (χ1) is 11.4. The quantitative estimate of drug-likeness (QED) is 0.526. The Bertz CT molecular complexity index is 778. The molecule has 1 aliphatic rings. The largest absolute Gasteiger partial charge is 0.508 e. The number of phenols is 4. The van der Waals surface area contributed by atoms with E-state index in [1.807, 2.05) is 0 Å². The van der Waals surface area contributed by atoms with Gasteiger partial charge < -0.3 is 35.0 Å². The van der Waals surface area contributed by atoms with E-state index in [0.29, 0.717) is 5.56 Å². The van der Waals surface area contributed by atoms with Crippen LogP contribution in [0.25, 0.3) is 0 Å². The molecule has 3 rings (SSSR count). The van der Waals surface area contributed by atoms with E-state index < -0.39 is 29.5 Å². The molecule has 126 valence electrons. The minimum absolute atomic E-state index is 0.0419. The zero-order chi connectivity index (χ0) is 17.4. The van der Waals surface area contributed by atoms with Crippen molar-refractivity contribution in [3.05, 3.63) is 35.4 Å². The van der Waals surface area contributed by atoms with Gasteiger partial charge in [0.25, 0.3) is 6.47 Å². The summed E-state index contributed by atoms with van der Waals surface area (Å²) in [7, 11) is 0. The van der Waals surface area contributed by atoms with Gasteiger partial charge in [0.1, 0.15) is 17.2 Å². The van der Waals surface area contributed by atoms with Gasteiger partial charge in [-0.25, -0.2) is 0 Å². The Morgan fingerprint density at radius 2 is 1.71 bits per heavy atom. The van der Waals surface area contributed by atoms with Crippen molar-refractivity contribution in [2.45, 2.75) is 18.6 Å². The average molecular weight is 334 g/mol. The highest BCUT2D eigenvalue weighted by Crippen LogP contribution is 2.44. The second kappa shape index (κ2) is 5.82. The maximum Gasteiger partial charge on any atom is 0.298 e. The molecular weight excluding hydrogens is 320 g/mol. The van der Waals surface area contributed by atoms with Gasteiger partial charge in [-0.05, 0) is 12.1 Å². The molecule has 8 nitrogen and oxygen atoms in total. The number of carbonyl (C=O) groups excluding carboxylic acids is 1. The monoisotopic (exact) mass is 334 g/mol. The van der Waals surface area contributed by atoms with Crippen LogP contribution in [0.1, 0.15) is 17.2 Å². The molecule has 2 aromatic rings. The van der Waals surface area contributed by atoms with Gasteiger partial charge in [-0.2, -0.15) is 0 Å². The molecule has 8 heteroatoms. The summed E-state index contributed by atoms with van der Waals surface area (Å²) >= 11 is 0. The van der Waals surface area contributed by atoms with Crippen LogP contribution in [-0.4, -0.2) is 38.1 Å². The van der Waals surface area contributed by atoms with E-state index in [-0.39, 0.29) is 35.7 Å². The van der Waals surface area contributed by atoms with Crippen molar-refractivity contribution >= 4 is 6.47 Å². The standard InChI is InChI=1S/C16H14O8/c17-6-23-16-11(20)1-7(2-12(16)21)15-13(22)5-9-10(19)3-8(18)4-14(9)24-15/h1-4,6,13,15,18-22H,5H2/t13-,15-/m1/s1. The third kappa shape index (κ3) is 2.63. The first kappa shape index (κ1) is 15.8. The molecular formula is C16H14O8. The third-order valence-electron chi connectivity index (χ3n) is 3.75. The van der Waals surface area contributed by atoms with Gasteiger partial charge in [0, 0.05) is 29.7 Å². The van der Waals surface area contributed by atoms with Crippen molar-refractivity contribution in [2.75, 3.05) is 0 Å². The second-order valence-corrected chi connectivity index (χ2v) is 5.35. The van der Waals surface area contributed by atoms with Crippen LogP contribution >= 0.6 is 0 Å². The summed E-state index contributed by atoms with van der Waals surface area (Å²) in [6, 6.07) is 4.79. The van der Waals surface area contributed by atoms with Gasteiger partial charge in [0.05, 0.1) is 6.10 Å². The molecule has 0 bridgehead atoms. The van der Waals surface area contributed by atoms with Crippen LogP contribution < -0.4 is 9.47 Å². The molecule has 1 heterocycles. The molecule has 0 saturated carbocycles. The van der Waals surface area contributed by atoms with E-state index in [1.165, 1.54) is 18.2 Å². The van der Waals surface area contributed by atoms with Crippen molar-refractivity contribution in [2.24, 2.45) is 0 Å². The molecule has 0 aliphatic carbocycles. The van der Waals surface area contributed by atoms with Gasteiger partial charge in [-0.3, -0.25) is 4.79 Å². The van der Waals surface area contributed by atoms with Gasteiger partial charge >= 0.3 is 0 Å². The number of phenolic OH excluding ortho intramolecular Hbond substituents is 4. The fourth-order valence-corrected chi connectivity index (χ4v) is 2.70. The SMILES string of the molecule is O=COc1c(O)cc([C@H]2Oc3cc(O)cc(O)c3C[C@H]2O)cc1O. The zero-order valence-corrected chi connectivity index (χ0v) is 12.2. The Hall–Kier alpha value is -3.13. The van der Waals surface area contributed by atoms with Crippen molar-refractivity contribution in [3.63, 3.8) is 0 Å². The van der Waals surface area contributed by atoms with Crippen molar-refractivity contribution in [1.29, 1.82) is 0 Å². The predicted molar refractivity (Wildman–Crippen MR) is 79.3 cm³/mol. The molecule has 0 radical (unpaired) electrons. The van der Waals surface area contributed by atoms with Gasteiger partial charge in [0.2, 0.25) is 5.75 Å². The summed E-state index contributed by atoms with van der Waals surface area (Å²) in [4.78, 5) is 10.4. The number of aliphatic hydroxyl groups is 1. The minimum Gasteiger partial charge on any atom is -0.508 e. The van der Waals surface area contributed by atoms with Gasteiger partial charge in [-0.15, -0.1) is 0 Å². The lowest BCUT2D eigenvalue weighted by Gasteiger charge is -2.31. The fourth-order valence-electron chi connectivity index (χ4n) is 2.70. The number of hydrogen-bond donors (Lipinski definition) is 5. The molecule has 0 amide bonds. The van der Waals surface area contributed by atoms with Crippen LogP contribution in [0, 0.1) is 0 Å². The van der Waals surface area contributed by atoms with Gasteiger partial charge in [0.15, 0.2) is 17.6 Å². The number of carbonyl (C=O) groups is 1. The summed E-state index contributed by atoms with van der Waals surface area (Å²) in [5.74, 6) is -1.65. The maximum absolute atomic E-state index is 10.4. The van der Waals surface area contributed by atoms with Crippen LogP contribution in [0.2, 0.25) is 0 Å². The minimum atomic E-state index is -1.08. The van der Waals surface area contributed by atoms with Crippen molar-refractivity contribution in [1.82, 2.24) is 0 Å². The van der Waals surface area contributed by atoms with Crippen LogP contribution in [0.3, 0.4) is 0 Å². The highest BCUT2D eigenvalue weighted by atomic mass is 16.5. The number of fused-ring (bicyclic) bond motifs is 1. The number of aromatic hydroxyl groups is 4. The lowest BCUT2D eigenvalue weighted by atomic mass is 9.93. The smallest absolute Gasteiger partial charge is 0.298 e. The molecule has 0 unspecified atom stereocenters. The summed E-state index contributed by atoms with van der Waals surface area (Å²) in [6.07, 6.45) is -2.01. The van der Waals surface area contributed by atoms with E-state index in [4.69, 9.17) is 4.74 Å².